The van der Waals surface area contributed by atoms with Gasteiger partial charge in [-0.2, -0.15) is 0 Å². The largest absolute Gasteiger partial charge is 0.480 e. The Kier molecular flexibility index (Phi) is 18.3. The van der Waals surface area contributed by atoms with Crippen LogP contribution in [0.1, 0.15) is 144 Å². The van der Waals surface area contributed by atoms with Gasteiger partial charge in [0.25, 0.3) is 11.5 Å². The number of aliphatic carboxylic acids is 1. The SMILES string of the molecule is CCCCCCc1cc(-c2sc(-c3sc(-c4ccc5c(c4)CCc4ccccc4N5CC)cc3CCCCCC)cc2CCCCCC)sc1/C=c1/s/c(=C2/SC(=S)N(CC)C2=O)n(CC(=O)O)c1=O. The highest BCUT2D eigenvalue weighted by Crippen LogP contribution is 2.48. The number of anilines is 2. The summed E-state index contributed by atoms with van der Waals surface area (Å²) in [6.07, 6.45) is 21.1. The average molecular weight is 1050 g/mol. The summed E-state index contributed by atoms with van der Waals surface area (Å²) in [5.41, 5.74) is 10.4. The van der Waals surface area contributed by atoms with Crippen molar-refractivity contribution < 1.29 is 14.7 Å². The first-order valence-corrected chi connectivity index (χ1v) is 30.1. The summed E-state index contributed by atoms with van der Waals surface area (Å²) in [7, 11) is 0. The summed E-state index contributed by atoms with van der Waals surface area (Å²) >= 11 is 13.5. The number of carboxylic acids is 1. The minimum Gasteiger partial charge on any atom is -0.480 e. The number of carboxylic acid groups (broad SMARTS) is 1. The summed E-state index contributed by atoms with van der Waals surface area (Å²) in [4.78, 5) is 51.8. The molecule has 8 rings (SSSR count). The fourth-order valence-electron chi connectivity index (χ4n) is 9.81. The van der Waals surface area contributed by atoms with E-state index in [2.05, 4.69) is 93.3 Å². The molecule has 1 saturated heterocycles. The van der Waals surface area contributed by atoms with Crippen molar-refractivity contribution in [1.29, 1.82) is 0 Å². The highest BCUT2D eigenvalue weighted by atomic mass is 32.2. The molecule has 2 aliphatic heterocycles. The number of aryl methyl sites for hydroxylation is 5. The highest BCUT2D eigenvalue weighted by molar-refractivity contribution is 8.30. The monoisotopic (exact) mass is 1050 g/mol. The van der Waals surface area contributed by atoms with Crippen LogP contribution in [0.2, 0.25) is 0 Å². The Morgan fingerprint density at radius 1 is 0.643 bits per heavy atom. The maximum Gasteiger partial charge on any atom is 0.323 e. The van der Waals surface area contributed by atoms with E-state index in [0.717, 1.165) is 81.0 Å². The summed E-state index contributed by atoms with van der Waals surface area (Å²) in [5.74, 6) is -1.42. The van der Waals surface area contributed by atoms with Crippen LogP contribution in [0.15, 0.2) is 65.5 Å². The second-order valence-electron chi connectivity index (χ2n) is 18.5. The summed E-state index contributed by atoms with van der Waals surface area (Å²) in [6.45, 7) is 11.7. The first kappa shape index (κ1) is 52.2. The zero-order chi connectivity index (χ0) is 49.3. The number of carbonyl (C=O) groups excluding carboxylic acids is 1. The van der Waals surface area contributed by atoms with Crippen molar-refractivity contribution in [3.8, 4) is 29.9 Å². The smallest absolute Gasteiger partial charge is 0.323 e. The van der Waals surface area contributed by atoms with Crippen molar-refractivity contribution in [3.05, 3.63) is 113 Å². The number of amides is 1. The van der Waals surface area contributed by atoms with Crippen molar-refractivity contribution >= 4 is 108 Å². The van der Waals surface area contributed by atoms with E-state index in [1.165, 1.54) is 141 Å². The number of thiophene rings is 3. The molecule has 1 N–H and O–H groups in total. The number of hydrogen-bond donors (Lipinski definition) is 1. The topological polar surface area (TPSA) is 82.8 Å². The average Bonchev–Trinajstić information content (AvgIpc) is 4.17. The molecule has 0 saturated carbocycles. The minimum absolute atomic E-state index is 0.283. The van der Waals surface area contributed by atoms with Gasteiger partial charge in [0.15, 0.2) is 0 Å². The van der Waals surface area contributed by atoms with Crippen molar-refractivity contribution in [2.24, 2.45) is 0 Å². The van der Waals surface area contributed by atoms with E-state index in [0.29, 0.717) is 25.0 Å². The quantitative estimate of drug-likeness (QED) is 0.0506. The zero-order valence-electron chi connectivity index (χ0n) is 41.5. The van der Waals surface area contributed by atoms with Gasteiger partial charge in [-0.1, -0.05) is 127 Å². The Morgan fingerprint density at radius 3 is 1.84 bits per heavy atom. The van der Waals surface area contributed by atoms with E-state index in [1.807, 2.05) is 35.7 Å². The fourth-order valence-corrected chi connectivity index (χ4v) is 16.4. The number of unbranched alkanes of at least 4 members (excludes halogenated alkanes) is 9. The molecule has 0 radical (unpaired) electrons. The maximum absolute atomic E-state index is 14.2. The molecule has 2 aromatic carbocycles. The van der Waals surface area contributed by atoms with Crippen LogP contribution in [0, 0.1) is 0 Å². The molecular formula is C57H67N3O4S6. The number of thioether (sulfide) groups is 1. The molecule has 0 spiro atoms. The van der Waals surface area contributed by atoms with Gasteiger partial charge in [0, 0.05) is 53.7 Å². The van der Waals surface area contributed by atoms with Gasteiger partial charge in [0.1, 0.15) is 20.4 Å². The van der Waals surface area contributed by atoms with Crippen LogP contribution in [-0.4, -0.2) is 43.9 Å². The normalized spacial score (nSPS) is 14.8. The third kappa shape index (κ3) is 11.7. The van der Waals surface area contributed by atoms with Gasteiger partial charge >= 0.3 is 5.97 Å². The van der Waals surface area contributed by atoms with Crippen molar-refractivity contribution in [2.45, 2.75) is 150 Å². The van der Waals surface area contributed by atoms with Crippen LogP contribution >= 0.6 is 69.3 Å². The molecule has 7 nitrogen and oxygen atoms in total. The number of benzene rings is 2. The molecule has 13 heteroatoms. The van der Waals surface area contributed by atoms with Gasteiger partial charge in [0.2, 0.25) is 0 Å². The van der Waals surface area contributed by atoms with Gasteiger partial charge in [-0.15, -0.1) is 45.3 Å². The van der Waals surface area contributed by atoms with E-state index in [4.69, 9.17) is 12.2 Å². The number of carbonyl (C=O) groups is 2. The van der Waals surface area contributed by atoms with Gasteiger partial charge in [-0.25, -0.2) is 0 Å². The Hall–Kier alpha value is -4.11. The molecule has 6 heterocycles. The number of fused-ring (bicyclic) bond motifs is 2. The molecular weight excluding hydrogens is 983 g/mol. The molecule has 0 unspecified atom stereocenters. The second kappa shape index (κ2) is 24.5. The highest BCUT2D eigenvalue weighted by Gasteiger charge is 2.33. The minimum atomic E-state index is -1.14. The first-order chi connectivity index (χ1) is 34.1. The first-order valence-electron chi connectivity index (χ1n) is 25.7. The molecule has 370 valence electrons. The second-order valence-corrected chi connectivity index (χ2v) is 24.4. The predicted molar refractivity (Wildman–Crippen MR) is 306 cm³/mol. The lowest BCUT2D eigenvalue weighted by Gasteiger charge is -2.25. The number of para-hydroxylation sites is 1. The van der Waals surface area contributed by atoms with E-state index in [1.54, 1.807) is 11.3 Å². The van der Waals surface area contributed by atoms with Crippen LogP contribution in [0.3, 0.4) is 0 Å². The van der Waals surface area contributed by atoms with E-state index >= 15 is 0 Å². The lowest BCUT2D eigenvalue weighted by atomic mass is 10.0. The number of hydrogen-bond acceptors (Lipinski definition) is 10. The Balaban J connectivity index is 1.23. The van der Waals surface area contributed by atoms with Crippen LogP contribution < -0.4 is 19.7 Å². The third-order valence-corrected chi connectivity index (χ3v) is 20.1. The number of aromatic nitrogens is 1. The number of thiocarbonyl (C=S) groups is 1. The van der Waals surface area contributed by atoms with Crippen LogP contribution in [0.5, 0.6) is 0 Å². The van der Waals surface area contributed by atoms with Gasteiger partial charge < -0.3 is 10.0 Å². The Morgan fingerprint density at radius 2 is 1.21 bits per heavy atom. The molecule has 0 bridgehead atoms. The molecule has 6 aromatic rings. The molecule has 1 amide bonds. The molecule has 4 aromatic heterocycles. The van der Waals surface area contributed by atoms with Crippen LogP contribution in [0.4, 0.5) is 11.4 Å². The van der Waals surface area contributed by atoms with Crippen LogP contribution in [0.25, 0.3) is 40.9 Å². The standard InChI is InChI=1S/C57H67N3O4S6/c1-6-11-14-17-23-39-32-47(66-46(39)35-49-54(63)60(36-50(61)62)56(69-49)53-55(64)59(10-5)57(65)70-53)51-42(25-19-16-13-8-3)34-48(68-51)52-41(24-18-15-12-7-2)33-45(67-52)40-29-30-44-38(31-40)28-27-37-22-20-21-26-43(37)58(44)9-4/h20-22,26,29-35H,6-19,23-25,27-28,36H2,1-5H3,(H,61,62)/b49-35+,56-53+. The van der Waals surface area contributed by atoms with Crippen LogP contribution in [-0.2, 0) is 48.2 Å². The van der Waals surface area contributed by atoms with Crippen molar-refractivity contribution in [2.75, 3.05) is 18.0 Å². The van der Waals surface area contributed by atoms with E-state index in [-0.39, 0.29) is 5.91 Å². The van der Waals surface area contributed by atoms with Crippen molar-refractivity contribution in [3.63, 3.8) is 0 Å². The number of thiazole rings is 1. The molecule has 70 heavy (non-hydrogen) atoms. The Labute approximate surface area is 440 Å². The van der Waals surface area contributed by atoms with E-state index in [9.17, 15) is 19.5 Å². The lowest BCUT2D eigenvalue weighted by molar-refractivity contribution is -0.137. The maximum atomic E-state index is 14.2. The van der Waals surface area contributed by atoms with Gasteiger partial charge in [-0.05, 0) is 141 Å². The molecule has 0 aliphatic carbocycles. The summed E-state index contributed by atoms with van der Waals surface area (Å²) in [5, 5.41) is 9.93. The molecule has 0 atom stereocenters. The van der Waals surface area contributed by atoms with Gasteiger partial charge in [-0.3, -0.25) is 23.9 Å². The third-order valence-electron chi connectivity index (χ3n) is 13.5. The number of rotatable bonds is 23. The zero-order valence-corrected chi connectivity index (χ0v) is 46.4. The Bertz CT molecular complexity index is 3020. The lowest BCUT2D eigenvalue weighted by Crippen LogP contribution is -2.35. The summed E-state index contributed by atoms with van der Waals surface area (Å²) < 4.78 is 2.44. The fraction of sp³-hybridized carbons (Fsp3) is 0.439. The predicted octanol–water partition coefficient (Wildman–Crippen LogP) is 14.6. The summed E-state index contributed by atoms with van der Waals surface area (Å²) in [6, 6.07) is 23.4. The van der Waals surface area contributed by atoms with Crippen molar-refractivity contribution in [1.82, 2.24) is 9.47 Å². The molecule has 2 aliphatic rings. The van der Waals surface area contributed by atoms with E-state index < -0.39 is 18.1 Å². The number of nitrogens with zero attached hydrogens (tertiary/aromatic N) is 3. The molecule has 1 fully saturated rings. The van der Waals surface area contributed by atoms with Gasteiger partial charge in [0.05, 0.1) is 4.53 Å².